The molecule has 0 radical (unpaired) electrons. The van der Waals surface area contributed by atoms with Crippen LogP contribution >= 0.6 is 0 Å². The molecule has 3 N–H and O–H groups in total. The molecule has 25 heavy (non-hydrogen) atoms. The number of anilines is 1. The number of rotatable bonds is 7. The SMILES string of the molecule is COC(=O)CCC(=O)NNC(=O)CCC(=O)Nc1ccc(C)c(C)c1. The van der Waals surface area contributed by atoms with Crippen molar-refractivity contribution in [3.63, 3.8) is 0 Å². The largest absolute Gasteiger partial charge is 0.469 e. The lowest BCUT2D eigenvalue weighted by molar-refractivity contribution is -0.142. The van der Waals surface area contributed by atoms with Crippen LogP contribution in [0.2, 0.25) is 0 Å². The summed E-state index contributed by atoms with van der Waals surface area (Å²) in [6, 6.07) is 5.55. The minimum Gasteiger partial charge on any atom is -0.469 e. The Kier molecular flexibility index (Phi) is 8.11. The van der Waals surface area contributed by atoms with E-state index in [0.29, 0.717) is 5.69 Å². The summed E-state index contributed by atoms with van der Waals surface area (Å²) in [4.78, 5) is 45.7. The van der Waals surface area contributed by atoms with Crippen LogP contribution in [-0.4, -0.2) is 30.8 Å². The second-order valence-electron chi connectivity index (χ2n) is 5.52. The highest BCUT2D eigenvalue weighted by molar-refractivity contribution is 5.93. The van der Waals surface area contributed by atoms with Crippen LogP contribution in [0.3, 0.4) is 0 Å². The molecule has 0 bridgehead atoms. The van der Waals surface area contributed by atoms with Crippen molar-refractivity contribution in [2.75, 3.05) is 12.4 Å². The lowest BCUT2D eigenvalue weighted by Crippen LogP contribution is -2.41. The topological polar surface area (TPSA) is 114 Å². The maximum atomic E-state index is 11.8. The average molecular weight is 349 g/mol. The molecule has 0 heterocycles. The van der Waals surface area contributed by atoms with Crippen LogP contribution in [0, 0.1) is 13.8 Å². The van der Waals surface area contributed by atoms with E-state index in [2.05, 4.69) is 20.9 Å². The van der Waals surface area contributed by atoms with Gasteiger partial charge in [0, 0.05) is 24.9 Å². The molecule has 136 valence electrons. The van der Waals surface area contributed by atoms with E-state index in [1.807, 2.05) is 26.0 Å². The fourth-order valence-corrected chi connectivity index (χ4v) is 1.85. The van der Waals surface area contributed by atoms with Crippen LogP contribution in [0.5, 0.6) is 0 Å². The number of amides is 3. The van der Waals surface area contributed by atoms with E-state index < -0.39 is 17.8 Å². The molecule has 1 rings (SSSR count). The van der Waals surface area contributed by atoms with Crippen molar-refractivity contribution in [1.29, 1.82) is 0 Å². The molecule has 8 heteroatoms. The van der Waals surface area contributed by atoms with E-state index in [1.165, 1.54) is 7.11 Å². The molecule has 0 fully saturated rings. The Labute approximate surface area is 146 Å². The van der Waals surface area contributed by atoms with Crippen molar-refractivity contribution in [3.05, 3.63) is 29.3 Å². The molecule has 0 spiro atoms. The van der Waals surface area contributed by atoms with E-state index in [1.54, 1.807) is 6.07 Å². The second kappa shape index (κ2) is 10.1. The normalized spacial score (nSPS) is 9.88. The molecule has 0 saturated heterocycles. The minimum absolute atomic E-state index is 0.0171. The lowest BCUT2D eigenvalue weighted by atomic mass is 10.1. The first-order valence-electron chi connectivity index (χ1n) is 7.83. The van der Waals surface area contributed by atoms with Gasteiger partial charge in [0.25, 0.3) is 0 Å². The van der Waals surface area contributed by atoms with E-state index in [0.717, 1.165) is 11.1 Å². The Morgan fingerprint density at radius 1 is 0.840 bits per heavy atom. The molecule has 0 aromatic heterocycles. The molecule has 0 saturated carbocycles. The Morgan fingerprint density at radius 3 is 1.96 bits per heavy atom. The van der Waals surface area contributed by atoms with Gasteiger partial charge in [-0.25, -0.2) is 0 Å². The number of hydrazine groups is 1. The summed E-state index contributed by atoms with van der Waals surface area (Å²) in [5.74, 6) is -1.82. The lowest BCUT2D eigenvalue weighted by Gasteiger charge is -2.09. The summed E-state index contributed by atoms with van der Waals surface area (Å²) in [5.41, 5.74) is 7.22. The van der Waals surface area contributed by atoms with E-state index >= 15 is 0 Å². The van der Waals surface area contributed by atoms with Crippen LogP contribution in [0.4, 0.5) is 5.69 Å². The van der Waals surface area contributed by atoms with E-state index in [9.17, 15) is 19.2 Å². The highest BCUT2D eigenvalue weighted by Crippen LogP contribution is 2.14. The number of benzene rings is 1. The number of hydrogen-bond donors (Lipinski definition) is 3. The summed E-state index contributed by atoms with van der Waals surface area (Å²) in [6.07, 6.45) is -0.262. The van der Waals surface area contributed by atoms with Gasteiger partial charge in [-0.05, 0) is 37.1 Å². The maximum absolute atomic E-state index is 11.8. The number of hydrogen-bond acceptors (Lipinski definition) is 5. The number of carbonyl (C=O) groups excluding carboxylic acids is 4. The molecule has 1 aromatic carbocycles. The third kappa shape index (κ3) is 7.96. The molecular weight excluding hydrogens is 326 g/mol. The van der Waals surface area contributed by atoms with Gasteiger partial charge in [0.05, 0.1) is 13.5 Å². The van der Waals surface area contributed by atoms with Crippen molar-refractivity contribution in [3.8, 4) is 0 Å². The molecule has 8 nitrogen and oxygen atoms in total. The molecule has 0 aliphatic heterocycles. The third-order valence-corrected chi connectivity index (χ3v) is 3.49. The molecular formula is C17H23N3O5. The van der Waals surface area contributed by atoms with Gasteiger partial charge >= 0.3 is 5.97 Å². The number of ether oxygens (including phenoxy) is 1. The molecule has 0 unspecified atom stereocenters. The van der Waals surface area contributed by atoms with Gasteiger partial charge in [-0.3, -0.25) is 30.0 Å². The molecule has 0 aliphatic rings. The summed E-state index contributed by atoms with van der Waals surface area (Å²) in [5, 5.41) is 2.71. The second-order valence-corrected chi connectivity index (χ2v) is 5.52. The van der Waals surface area contributed by atoms with Gasteiger partial charge in [-0.2, -0.15) is 0 Å². The van der Waals surface area contributed by atoms with Crippen LogP contribution < -0.4 is 16.2 Å². The highest BCUT2D eigenvalue weighted by atomic mass is 16.5. The Hall–Kier alpha value is -2.90. The predicted molar refractivity (Wildman–Crippen MR) is 91.3 cm³/mol. The summed E-state index contributed by atoms with van der Waals surface area (Å²) >= 11 is 0. The summed E-state index contributed by atoms with van der Waals surface area (Å²) < 4.78 is 4.40. The highest BCUT2D eigenvalue weighted by Gasteiger charge is 2.10. The zero-order chi connectivity index (χ0) is 18.8. The quantitative estimate of drug-likeness (QED) is 0.504. The zero-order valence-electron chi connectivity index (χ0n) is 14.6. The zero-order valence-corrected chi connectivity index (χ0v) is 14.6. The van der Waals surface area contributed by atoms with Gasteiger partial charge in [-0.1, -0.05) is 6.07 Å². The van der Waals surface area contributed by atoms with Gasteiger partial charge in [0.15, 0.2) is 0 Å². The number of nitrogens with one attached hydrogen (secondary N) is 3. The first kappa shape index (κ1) is 20.1. The third-order valence-electron chi connectivity index (χ3n) is 3.49. The Bertz CT molecular complexity index is 658. The van der Waals surface area contributed by atoms with E-state index in [-0.39, 0.29) is 31.6 Å². The van der Waals surface area contributed by atoms with Gasteiger partial charge < -0.3 is 10.1 Å². The number of aryl methyl sites for hydroxylation is 2. The number of esters is 1. The van der Waals surface area contributed by atoms with Crippen molar-refractivity contribution < 1.29 is 23.9 Å². The molecule has 3 amide bonds. The fourth-order valence-electron chi connectivity index (χ4n) is 1.85. The van der Waals surface area contributed by atoms with Crippen LogP contribution in [0.1, 0.15) is 36.8 Å². The van der Waals surface area contributed by atoms with Crippen molar-refractivity contribution in [2.45, 2.75) is 39.5 Å². The summed E-state index contributed by atoms with van der Waals surface area (Å²) in [6.45, 7) is 3.92. The van der Waals surface area contributed by atoms with Crippen molar-refractivity contribution >= 4 is 29.4 Å². The van der Waals surface area contributed by atoms with Crippen molar-refractivity contribution in [1.82, 2.24) is 10.9 Å². The number of methoxy groups -OCH3 is 1. The minimum atomic E-state index is -0.515. The first-order valence-corrected chi connectivity index (χ1v) is 7.83. The standard InChI is InChI=1S/C17H23N3O5/c1-11-4-5-13(10-12(11)2)18-14(21)6-7-15(22)19-20-16(23)8-9-17(24)25-3/h4-5,10H,6-9H2,1-3H3,(H,18,21)(H,19,22)(H,20,23). The predicted octanol–water partition coefficient (Wildman–Crippen LogP) is 1.12. The summed E-state index contributed by atoms with van der Waals surface area (Å²) in [7, 11) is 1.23. The Morgan fingerprint density at radius 2 is 1.40 bits per heavy atom. The van der Waals surface area contributed by atoms with Gasteiger partial charge in [-0.15, -0.1) is 0 Å². The smallest absolute Gasteiger partial charge is 0.306 e. The molecule has 0 aliphatic carbocycles. The van der Waals surface area contributed by atoms with Crippen LogP contribution in [0.15, 0.2) is 18.2 Å². The van der Waals surface area contributed by atoms with Crippen LogP contribution in [0.25, 0.3) is 0 Å². The van der Waals surface area contributed by atoms with Crippen LogP contribution in [-0.2, 0) is 23.9 Å². The average Bonchev–Trinajstić information content (AvgIpc) is 2.59. The molecule has 1 aromatic rings. The first-order chi connectivity index (χ1) is 11.8. The maximum Gasteiger partial charge on any atom is 0.306 e. The van der Waals surface area contributed by atoms with Gasteiger partial charge in [0.2, 0.25) is 17.7 Å². The monoisotopic (exact) mass is 349 g/mol. The molecule has 0 atom stereocenters. The van der Waals surface area contributed by atoms with Gasteiger partial charge in [0.1, 0.15) is 0 Å². The van der Waals surface area contributed by atoms with E-state index in [4.69, 9.17) is 0 Å². The van der Waals surface area contributed by atoms with Crippen molar-refractivity contribution in [2.24, 2.45) is 0 Å². The number of carbonyl (C=O) groups is 4. The fraction of sp³-hybridized carbons (Fsp3) is 0.412. The Balaban J connectivity index is 2.26.